The van der Waals surface area contributed by atoms with Crippen molar-refractivity contribution in [2.45, 2.75) is 26.6 Å². The van der Waals surface area contributed by atoms with Gasteiger partial charge in [-0.15, -0.1) is 0 Å². The molecule has 0 fully saturated rings. The predicted molar refractivity (Wildman–Crippen MR) is 85.5 cm³/mol. The van der Waals surface area contributed by atoms with Gasteiger partial charge in [0.05, 0.1) is 6.54 Å². The fourth-order valence-corrected chi connectivity index (χ4v) is 2.43. The van der Waals surface area contributed by atoms with Crippen LogP contribution in [0.2, 0.25) is 0 Å². The highest BCUT2D eigenvalue weighted by molar-refractivity contribution is 5.72. The second-order valence-electron chi connectivity index (χ2n) is 5.75. The van der Waals surface area contributed by atoms with E-state index in [0.29, 0.717) is 31.7 Å². The quantitative estimate of drug-likeness (QED) is 0.808. The average Bonchev–Trinajstić information content (AvgIpc) is 2.92. The Balaban J connectivity index is 1.91. The number of halogens is 3. The summed E-state index contributed by atoms with van der Waals surface area (Å²) in [4.78, 5) is 14.9. The molecule has 0 saturated carbocycles. The molecule has 138 valence electrons. The number of rotatable bonds is 7. The number of hydrazine groups is 1. The number of carbonyl (C=O) groups is 1. The van der Waals surface area contributed by atoms with Gasteiger partial charge in [0.1, 0.15) is 0 Å². The van der Waals surface area contributed by atoms with Crippen LogP contribution in [0.4, 0.5) is 13.2 Å². The number of nitrogens with one attached hydrogen (secondary N) is 1. The van der Waals surface area contributed by atoms with Gasteiger partial charge in [0, 0.05) is 44.5 Å². The van der Waals surface area contributed by atoms with Crippen molar-refractivity contribution in [1.82, 2.24) is 20.3 Å². The maximum absolute atomic E-state index is 12.2. The van der Waals surface area contributed by atoms with Crippen molar-refractivity contribution in [3.05, 3.63) is 35.7 Å². The third-order valence-electron chi connectivity index (χ3n) is 3.50. The van der Waals surface area contributed by atoms with Crippen LogP contribution < -0.4 is 10.1 Å². The zero-order valence-corrected chi connectivity index (χ0v) is 14.1. The van der Waals surface area contributed by atoms with Crippen LogP contribution in [0, 0.1) is 6.92 Å². The molecule has 2 rings (SSSR count). The summed E-state index contributed by atoms with van der Waals surface area (Å²) < 4.78 is 41.4. The van der Waals surface area contributed by atoms with Gasteiger partial charge in [-0.1, -0.05) is 6.08 Å². The number of carbonyl (C=O) groups excluding carboxylic acids is 1. The molecule has 0 unspecified atom stereocenters. The Morgan fingerprint density at radius 1 is 1.44 bits per heavy atom. The first-order chi connectivity index (χ1) is 11.7. The molecule has 1 amide bonds. The van der Waals surface area contributed by atoms with Crippen molar-refractivity contribution in [3.8, 4) is 5.88 Å². The van der Waals surface area contributed by atoms with Crippen molar-refractivity contribution < 1.29 is 22.7 Å². The summed E-state index contributed by atoms with van der Waals surface area (Å²) in [5.74, 6) is -0.0906. The van der Waals surface area contributed by atoms with Gasteiger partial charge >= 0.3 is 6.18 Å². The number of aromatic nitrogens is 1. The second kappa shape index (κ2) is 8.19. The predicted octanol–water partition coefficient (Wildman–Crippen LogP) is 2.01. The molecule has 0 aromatic carbocycles. The Labute approximate surface area is 144 Å². The summed E-state index contributed by atoms with van der Waals surface area (Å²) >= 11 is 0. The SMILES string of the molecule is CC(=O)NCCN1C=CCN1Cc1cnc(OCC(F)(F)F)c(C)c1. The van der Waals surface area contributed by atoms with E-state index >= 15 is 0 Å². The minimum absolute atomic E-state index is 0.0110. The molecule has 1 aromatic heterocycles. The largest absolute Gasteiger partial charge is 0.468 e. The molecule has 0 saturated heterocycles. The number of nitrogens with zero attached hydrogens (tertiary/aromatic N) is 3. The summed E-state index contributed by atoms with van der Waals surface area (Å²) in [7, 11) is 0. The van der Waals surface area contributed by atoms with Crippen molar-refractivity contribution in [2.24, 2.45) is 0 Å². The Morgan fingerprint density at radius 3 is 2.84 bits per heavy atom. The minimum atomic E-state index is -4.39. The molecule has 2 heterocycles. The van der Waals surface area contributed by atoms with Crippen molar-refractivity contribution in [3.63, 3.8) is 0 Å². The van der Waals surface area contributed by atoms with Gasteiger partial charge in [0.15, 0.2) is 6.61 Å². The number of amides is 1. The zero-order valence-electron chi connectivity index (χ0n) is 14.1. The van der Waals surface area contributed by atoms with Crippen molar-refractivity contribution >= 4 is 5.91 Å². The summed E-state index contributed by atoms with van der Waals surface area (Å²) in [5.41, 5.74) is 1.42. The van der Waals surface area contributed by atoms with Crippen LogP contribution in [0.1, 0.15) is 18.1 Å². The monoisotopic (exact) mass is 358 g/mol. The summed E-state index contributed by atoms with van der Waals surface area (Å²) in [6.07, 6.45) is 1.06. The lowest BCUT2D eigenvalue weighted by Gasteiger charge is -2.29. The highest BCUT2D eigenvalue weighted by Crippen LogP contribution is 2.21. The molecule has 0 atom stereocenters. The molecule has 9 heteroatoms. The molecule has 25 heavy (non-hydrogen) atoms. The van der Waals surface area contributed by atoms with E-state index in [4.69, 9.17) is 4.74 Å². The zero-order chi connectivity index (χ0) is 18.4. The van der Waals surface area contributed by atoms with Crippen LogP contribution in [0.15, 0.2) is 24.5 Å². The molecule has 6 nitrogen and oxygen atoms in total. The minimum Gasteiger partial charge on any atom is -0.468 e. The van der Waals surface area contributed by atoms with E-state index in [-0.39, 0.29) is 11.8 Å². The number of aryl methyl sites for hydroxylation is 1. The highest BCUT2D eigenvalue weighted by Gasteiger charge is 2.29. The second-order valence-corrected chi connectivity index (χ2v) is 5.75. The van der Waals surface area contributed by atoms with Gasteiger partial charge in [-0.05, 0) is 18.6 Å². The number of pyridine rings is 1. The molecule has 0 radical (unpaired) electrons. The number of hydrogen-bond donors (Lipinski definition) is 1. The van der Waals surface area contributed by atoms with E-state index in [2.05, 4.69) is 15.3 Å². The van der Waals surface area contributed by atoms with E-state index in [1.807, 2.05) is 17.3 Å². The fraction of sp³-hybridized carbons (Fsp3) is 0.500. The van der Waals surface area contributed by atoms with Gasteiger partial charge in [-0.3, -0.25) is 4.79 Å². The molecule has 0 aliphatic carbocycles. The van der Waals surface area contributed by atoms with E-state index in [9.17, 15) is 18.0 Å². The van der Waals surface area contributed by atoms with E-state index in [0.717, 1.165) is 5.56 Å². The van der Waals surface area contributed by atoms with Gasteiger partial charge in [-0.25, -0.2) is 9.99 Å². The molecule has 0 bridgehead atoms. The third kappa shape index (κ3) is 6.26. The van der Waals surface area contributed by atoms with Crippen molar-refractivity contribution in [2.75, 3.05) is 26.2 Å². The first-order valence-electron chi connectivity index (χ1n) is 7.82. The Morgan fingerprint density at radius 2 is 2.20 bits per heavy atom. The lowest BCUT2D eigenvalue weighted by Crippen LogP contribution is -2.39. The van der Waals surface area contributed by atoms with Gasteiger partial charge in [0.25, 0.3) is 0 Å². The Bertz CT molecular complexity index is 634. The number of hydrogen-bond acceptors (Lipinski definition) is 5. The molecule has 0 spiro atoms. The lowest BCUT2D eigenvalue weighted by molar-refractivity contribution is -0.154. The maximum atomic E-state index is 12.2. The fourth-order valence-electron chi connectivity index (χ4n) is 2.43. The van der Waals surface area contributed by atoms with Crippen LogP contribution >= 0.6 is 0 Å². The Hall–Kier alpha value is -2.29. The third-order valence-corrected chi connectivity index (χ3v) is 3.50. The highest BCUT2D eigenvalue weighted by atomic mass is 19.4. The van der Waals surface area contributed by atoms with Gasteiger partial charge in [0.2, 0.25) is 11.8 Å². The molecular formula is C16H21F3N4O2. The van der Waals surface area contributed by atoms with Gasteiger partial charge in [-0.2, -0.15) is 13.2 Å². The van der Waals surface area contributed by atoms with Crippen LogP contribution in [-0.2, 0) is 11.3 Å². The molecule has 1 aromatic rings. The summed E-state index contributed by atoms with van der Waals surface area (Å²) in [6.45, 7) is 4.21. The van der Waals surface area contributed by atoms with Crippen LogP contribution in [0.3, 0.4) is 0 Å². The topological polar surface area (TPSA) is 57.7 Å². The Kier molecular flexibility index (Phi) is 6.24. The van der Waals surface area contributed by atoms with Gasteiger partial charge < -0.3 is 15.1 Å². The molecule has 1 N–H and O–H groups in total. The maximum Gasteiger partial charge on any atom is 0.422 e. The van der Waals surface area contributed by atoms with E-state index in [1.54, 1.807) is 13.0 Å². The van der Waals surface area contributed by atoms with E-state index < -0.39 is 12.8 Å². The lowest BCUT2D eigenvalue weighted by atomic mass is 10.2. The molecule has 1 aliphatic rings. The average molecular weight is 358 g/mol. The van der Waals surface area contributed by atoms with E-state index in [1.165, 1.54) is 13.1 Å². The van der Waals surface area contributed by atoms with Crippen LogP contribution in [0.25, 0.3) is 0 Å². The first kappa shape index (κ1) is 19.0. The van der Waals surface area contributed by atoms with Crippen molar-refractivity contribution in [1.29, 1.82) is 0 Å². The first-order valence-corrected chi connectivity index (χ1v) is 7.82. The smallest absolute Gasteiger partial charge is 0.422 e. The van der Waals surface area contributed by atoms with Crippen LogP contribution in [0.5, 0.6) is 5.88 Å². The molecular weight excluding hydrogens is 337 g/mol. The number of ether oxygens (including phenoxy) is 1. The normalized spacial score (nSPS) is 14.8. The molecule has 1 aliphatic heterocycles. The number of alkyl halides is 3. The summed E-state index contributed by atoms with van der Waals surface area (Å²) in [5, 5.41) is 6.77. The summed E-state index contributed by atoms with van der Waals surface area (Å²) in [6, 6.07) is 1.77. The van der Waals surface area contributed by atoms with Crippen LogP contribution in [-0.4, -0.2) is 53.3 Å². The standard InChI is InChI=1S/C16H21F3N4O2/c1-12-8-14(9-21-15(12)25-11-16(17,18)19)10-23-6-3-5-22(23)7-4-20-13(2)24/h3,5,8-9H,4,6-7,10-11H2,1-2H3,(H,20,24).